The molecular weight excluding hydrogens is 232 g/mol. The molecule has 0 atom stereocenters. The lowest BCUT2D eigenvalue weighted by Gasteiger charge is -2.14. The highest BCUT2D eigenvalue weighted by Gasteiger charge is 2.22. The molecule has 0 amide bonds. The van der Waals surface area contributed by atoms with E-state index in [0.29, 0.717) is 0 Å². The first-order valence-corrected chi connectivity index (χ1v) is 6.01. The standard InChI is InChI=1S/C15H13F2N/c16-13-6-3-7-14(17)15(13)18-12-8-10-4-1-2-5-11(10)9-12/h1-7,12,18H,8-9H2. The molecule has 0 spiro atoms. The van der Waals surface area contributed by atoms with Crippen LogP contribution in [-0.2, 0) is 12.8 Å². The van der Waals surface area contributed by atoms with Gasteiger partial charge < -0.3 is 5.32 Å². The molecule has 0 radical (unpaired) electrons. The zero-order valence-electron chi connectivity index (χ0n) is 9.79. The number of halogens is 2. The minimum atomic E-state index is -0.536. The second kappa shape index (κ2) is 4.41. The van der Waals surface area contributed by atoms with Crippen LogP contribution in [0.5, 0.6) is 0 Å². The van der Waals surface area contributed by atoms with Crippen LogP contribution in [0.25, 0.3) is 0 Å². The SMILES string of the molecule is Fc1cccc(F)c1NC1Cc2ccccc2C1. The zero-order chi connectivity index (χ0) is 12.5. The normalized spacial score (nSPS) is 14.6. The molecule has 0 saturated heterocycles. The van der Waals surface area contributed by atoms with Crippen LogP contribution >= 0.6 is 0 Å². The average Bonchev–Trinajstić information content (AvgIpc) is 2.76. The van der Waals surface area contributed by atoms with E-state index in [0.717, 1.165) is 12.8 Å². The van der Waals surface area contributed by atoms with Crippen LogP contribution in [0.3, 0.4) is 0 Å². The maximum Gasteiger partial charge on any atom is 0.149 e. The fourth-order valence-corrected chi connectivity index (χ4v) is 2.50. The molecule has 3 rings (SSSR count). The van der Waals surface area contributed by atoms with Crippen LogP contribution in [0, 0.1) is 11.6 Å². The second-order valence-corrected chi connectivity index (χ2v) is 4.61. The molecule has 2 aromatic carbocycles. The summed E-state index contributed by atoms with van der Waals surface area (Å²) in [6, 6.07) is 12.1. The van der Waals surface area contributed by atoms with Crippen molar-refractivity contribution in [2.75, 3.05) is 5.32 Å². The Kier molecular flexibility index (Phi) is 2.74. The molecule has 0 aromatic heterocycles. The van der Waals surface area contributed by atoms with Crippen LogP contribution in [0.2, 0.25) is 0 Å². The Morgan fingerprint density at radius 1 is 0.833 bits per heavy atom. The van der Waals surface area contributed by atoms with E-state index in [2.05, 4.69) is 17.4 Å². The van der Waals surface area contributed by atoms with Crippen molar-refractivity contribution in [3.8, 4) is 0 Å². The summed E-state index contributed by atoms with van der Waals surface area (Å²) in [4.78, 5) is 0. The van der Waals surface area contributed by atoms with Gasteiger partial charge in [-0.2, -0.15) is 0 Å². The molecular formula is C15H13F2N. The number of rotatable bonds is 2. The summed E-state index contributed by atoms with van der Waals surface area (Å²) in [6.45, 7) is 0. The molecule has 1 aliphatic carbocycles. The predicted molar refractivity (Wildman–Crippen MR) is 67.6 cm³/mol. The molecule has 1 aliphatic rings. The van der Waals surface area contributed by atoms with Crippen molar-refractivity contribution in [1.82, 2.24) is 0 Å². The second-order valence-electron chi connectivity index (χ2n) is 4.61. The number of nitrogens with one attached hydrogen (secondary N) is 1. The van der Waals surface area contributed by atoms with E-state index < -0.39 is 11.6 Å². The van der Waals surface area contributed by atoms with E-state index in [9.17, 15) is 8.78 Å². The largest absolute Gasteiger partial charge is 0.377 e. The number of benzene rings is 2. The monoisotopic (exact) mass is 245 g/mol. The van der Waals surface area contributed by atoms with Crippen molar-refractivity contribution < 1.29 is 8.78 Å². The number of anilines is 1. The quantitative estimate of drug-likeness (QED) is 0.853. The molecule has 92 valence electrons. The zero-order valence-corrected chi connectivity index (χ0v) is 9.79. The van der Waals surface area contributed by atoms with Crippen molar-refractivity contribution in [2.24, 2.45) is 0 Å². The van der Waals surface area contributed by atoms with Gasteiger partial charge in [-0.3, -0.25) is 0 Å². The molecule has 0 fully saturated rings. The summed E-state index contributed by atoms with van der Waals surface area (Å²) in [5.41, 5.74) is 2.49. The molecule has 0 heterocycles. The van der Waals surface area contributed by atoms with Crippen molar-refractivity contribution in [3.63, 3.8) is 0 Å². The summed E-state index contributed by atoms with van der Waals surface area (Å²) < 4.78 is 27.1. The Balaban J connectivity index is 1.80. The van der Waals surface area contributed by atoms with E-state index >= 15 is 0 Å². The van der Waals surface area contributed by atoms with Gasteiger partial charge in [0.1, 0.15) is 17.3 Å². The van der Waals surface area contributed by atoms with Crippen LogP contribution in [0.15, 0.2) is 42.5 Å². The van der Waals surface area contributed by atoms with E-state index in [1.54, 1.807) is 0 Å². The third-order valence-corrected chi connectivity index (χ3v) is 3.36. The smallest absolute Gasteiger partial charge is 0.149 e. The Morgan fingerprint density at radius 3 is 1.94 bits per heavy atom. The number of fused-ring (bicyclic) bond motifs is 1. The molecule has 1 nitrogen and oxygen atoms in total. The van der Waals surface area contributed by atoms with Crippen LogP contribution in [0.1, 0.15) is 11.1 Å². The third kappa shape index (κ3) is 1.96. The Morgan fingerprint density at radius 2 is 1.39 bits per heavy atom. The maximum absolute atomic E-state index is 13.5. The fourth-order valence-electron chi connectivity index (χ4n) is 2.50. The highest BCUT2D eigenvalue weighted by atomic mass is 19.1. The van der Waals surface area contributed by atoms with Gasteiger partial charge in [0.2, 0.25) is 0 Å². The Labute approximate surface area is 104 Å². The molecule has 0 bridgehead atoms. The third-order valence-electron chi connectivity index (χ3n) is 3.36. The van der Waals surface area contributed by atoms with Crippen LogP contribution < -0.4 is 5.32 Å². The number of hydrogen-bond donors (Lipinski definition) is 1. The predicted octanol–water partition coefficient (Wildman–Crippen LogP) is 3.54. The molecule has 0 saturated carbocycles. The summed E-state index contributed by atoms with van der Waals surface area (Å²) in [5, 5.41) is 2.97. The average molecular weight is 245 g/mol. The molecule has 18 heavy (non-hydrogen) atoms. The first-order chi connectivity index (χ1) is 8.74. The van der Waals surface area contributed by atoms with Gasteiger partial charge in [0.05, 0.1) is 0 Å². The fraction of sp³-hybridized carbons (Fsp3) is 0.200. The maximum atomic E-state index is 13.5. The number of hydrogen-bond acceptors (Lipinski definition) is 1. The van der Waals surface area contributed by atoms with Gasteiger partial charge in [0.15, 0.2) is 0 Å². The Hall–Kier alpha value is -1.90. The van der Waals surface area contributed by atoms with Gasteiger partial charge in [0, 0.05) is 6.04 Å². The van der Waals surface area contributed by atoms with E-state index in [1.807, 2.05) is 12.1 Å². The lowest BCUT2D eigenvalue weighted by atomic mass is 10.1. The summed E-state index contributed by atoms with van der Waals surface area (Å²) in [7, 11) is 0. The van der Waals surface area contributed by atoms with E-state index in [-0.39, 0.29) is 11.7 Å². The van der Waals surface area contributed by atoms with Gasteiger partial charge in [-0.1, -0.05) is 30.3 Å². The topological polar surface area (TPSA) is 12.0 Å². The van der Waals surface area contributed by atoms with Crippen molar-refractivity contribution in [2.45, 2.75) is 18.9 Å². The molecule has 0 aliphatic heterocycles. The first-order valence-electron chi connectivity index (χ1n) is 6.01. The molecule has 1 N–H and O–H groups in total. The van der Waals surface area contributed by atoms with E-state index in [1.165, 1.54) is 29.3 Å². The number of para-hydroxylation sites is 1. The molecule has 2 aromatic rings. The van der Waals surface area contributed by atoms with Crippen molar-refractivity contribution >= 4 is 5.69 Å². The van der Waals surface area contributed by atoms with Gasteiger partial charge in [0.25, 0.3) is 0 Å². The highest BCUT2D eigenvalue weighted by molar-refractivity contribution is 5.49. The lowest BCUT2D eigenvalue weighted by Crippen LogP contribution is -2.21. The summed E-state index contributed by atoms with van der Waals surface area (Å²) in [6.07, 6.45) is 1.62. The first kappa shape index (κ1) is 11.2. The van der Waals surface area contributed by atoms with Gasteiger partial charge in [-0.15, -0.1) is 0 Å². The lowest BCUT2D eigenvalue weighted by molar-refractivity contribution is 0.582. The van der Waals surface area contributed by atoms with Crippen LogP contribution in [0.4, 0.5) is 14.5 Å². The van der Waals surface area contributed by atoms with Gasteiger partial charge in [-0.05, 0) is 36.1 Å². The summed E-state index contributed by atoms with van der Waals surface area (Å²) in [5.74, 6) is -1.07. The van der Waals surface area contributed by atoms with Crippen LogP contribution in [-0.4, -0.2) is 6.04 Å². The highest BCUT2D eigenvalue weighted by Crippen LogP contribution is 2.26. The van der Waals surface area contributed by atoms with Gasteiger partial charge >= 0.3 is 0 Å². The van der Waals surface area contributed by atoms with E-state index in [4.69, 9.17) is 0 Å². The Bertz CT molecular complexity index is 535. The van der Waals surface area contributed by atoms with Gasteiger partial charge in [-0.25, -0.2) is 8.78 Å². The van der Waals surface area contributed by atoms with Crippen molar-refractivity contribution in [1.29, 1.82) is 0 Å². The van der Waals surface area contributed by atoms with Crippen molar-refractivity contribution in [3.05, 3.63) is 65.2 Å². The minimum Gasteiger partial charge on any atom is -0.377 e. The minimum absolute atomic E-state index is 0.0182. The summed E-state index contributed by atoms with van der Waals surface area (Å²) >= 11 is 0. The molecule has 3 heteroatoms. The molecule has 0 unspecified atom stereocenters.